The molecule has 1 saturated carbocycles. The highest BCUT2D eigenvalue weighted by atomic mass is 16.5. The Hall–Kier alpha value is -3.64. The maximum absolute atomic E-state index is 13.2. The van der Waals surface area contributed by atoms with E-state index >= 15 is 0 Å². The largest absolute Gasteiger partial charge is 0.376 e. The molecule has 1 amide bonds. The van der Waals surface area contributed by atoms with Crippen molar-refractivity contribution in [2.24, 2.45) is 11.8 Å². The molecule has 1 aromatic carbocycles. The van der Waals surface area contributed by atoms with Crippen molar-refractivity contribution >= 4 is 28.3 Å². The average molecular weight is 473 g/mol. The minimum absolute atomic E-state index is 0.0317. The third-order valence-electron chi connectivity index (χ3n) is 7.48. The predicted molar refractivity (Wildman–Crippen MR) is 131 cm³/mol. The number of anilines is 2. The van der Waals surface area contributed by atoms with E-state index < -0.39 is 0 Å². The number of carbonyl (C=O) groups excluding carboxylic acids is 1. The number of aryl methyl sites for hydroxylation is 1. The van der Waals surface area contributed by atoms with Crippen molar-refractivity contribution in [3.8, 4) is 6.07 Å². The zero-order chi connectivity index (χ0) is 24.1. The van der Waals surface area contributed by atoms with Crippen molar-refractivity contribution in [3.05, 3.63) is 51.9 Å². The number of aromatic amines is 1. The summed E-state index contributed by atoms with van der Waals surface area (Å²) in [6, 6.07) is 9.67. The SMILES string of the molecule is Cc1cc(Nc2nn(C(CC#N)C3CC3)c3cc[nH]c(=O)c23)ccc1C(=O)N1CC2COC(C2)C1. The second-order valence-corrected chi connectivity index (χ2v) is 10.0. The quantitative estimate of drug-likeness (QED) is 0.567. The van der Waals surface area contributed by atoms with Gasteiger partial charge in [0.25, 0.3) is 11.5 Å². The summed E-state index contributed by atoms with van der Waals surface area (Å²) in [5, 5.41) is 17.9. The molecule has 0 radical (unpaired) electrons. The summed E-state index contributed by atoms with van der Waals surface area (Å²) in [5.41, 5.74) is 2.77. The Kier molecular flexibility index (Phi) is 5.33. The lowest BCUT2D eigenvalue weighted by Crippen LogP contribution is -2.43. The molecule has 2 aliphatic heterocycles. The van der Waals surface area contributed by atoms with Gasteiger partial charge in [-0.3, -0.25) is 14.3 Å². The minimum Gasteiger partial charge on any atom is -0.376 e. The van der Waals surface area contributed by atoms with Crippen molar-refractivity contribution in [3.63, 3.8) is 0 Å². The molecule has 9 heteroatoms. The first-order valence-corrected chi connectivity index (χ1v) is 12.3. The van der Waals surface area contributed by atoms with Crippen LogP contribution >= 0.6 is 0 Å². The van der Waals surface area contributed by atoms with E-state index in [0.29, 0.717) is 47.1 Å². The van der Waals surface area contributed by atoms with E-state index in [4.69, 9.17) is 9.84 Å². The van der Waals surface area contributed by atoms with Crippen LogP contribution in [0.4, 0.5) is 11.5 Å². The van der Waals surface area contributed by atoms with Gasteiger partial charge in [-0.2, -0.15) is 10.4 Å². The number of hydrogen-bond acceptors (Lipinski definition) is 6. The van der Waals surface area contributed by atoms with Gasteiger partial charge in [-0.1, -0.05) is 0 Å². The summed E-state index contributed by atoms with van der Waals surface area (Å²) in [4.78, 5) is 30.6. The first-order chi connectivity index (χ1) is 17.0. The Balaban J connectivity index is 1.29. The number of nitrogens with one attached hydrogen (secondary N) is 2. The molecule has 3 aliphatic rings. The number of aromatic nitrogens is 3. The van der Waals surface area contributed by atoms with Gasteiger partial charge >= 0.3 is 0 Å². The highest BCUT2D eigenvalue weighted by molar-refractivity contribution is 5.97. The maximum Gasteiger partial charge on any atom is 0.261 e. The smallest absolute Gasteiger partial charge is 0.261 e. The van der Waals surface area contributed by atoms with Crippen molar-refractivity contribution in [2.45, 2.75) is 44.8 Å². The Morgan fingerprint density at radius 3 is 2.94 bits per heavy atom. The highest BCUT2D eigenvalue weighted by Crippen LogP contribution is 2.43. The number of fused-ring (bicyclic) bond motifs is 3. The molecular weight excluding hydrogens is 444 g/mol. The molecule has 3 unspecified atom stereocenters. The van der Waals surface area contributed by atoms with Gasteiger partial charge in [-0.25, -0.2) is 0 Å². The number of hydrogen-bond donors (Lipinski definition) is 2. The summed E-state index contributed by atoms with van der Waals surface area (Å²) >= 11 is 0. The topological polar surface area (TPSA) is 116 Å². The molecule has 2 N–H and O–H groups in total. The molecule has 4 heterocycles. The molecule has 1 aliphatic carbocycles. The first-order valence-electron chi connectivity index (χ1n) is 12.3. The Morgan fingerprint density at radius 1 is 1.34 bits per heavy atom. The van der Waals surface area contributed by atoms with Gasteiger partial charge in [-0.05, 0) is 61.9 Å². The van der Waals surface area contributed by atoms with E-state index in [0.717, 1.165) is 43.7 Å². The van der Waals surface area contributed by atoms with Crippen LogP contribution in [-0.4, -0.2) is 51.4 Å². The van der Waals surface area contributed by atoms with Crippen LogP contribution in [0.15, 0.2) is 35.3 Å². The van der Waals surface area contributed by atoms with Crippen LogP contribution in [0.1, 0.15) is 47.6 Å². The van der Waals surface area contributed by atoms with Crippen LogP contribution in [0.2, 0.25) is 0 Å². The number of piperidine rings is 1. The summed E-state index contributed by atoms with van der Waals surface area (Å²) in [5.74, 6) is 1.33. The monoisotopic (exact) mass is 472 g/mol. The van der Waals surface area contributed by atoms with Crippen LogP contribution in [0.5, 0.6) is 0 Å². The average Bonchev–Trinajstić information content (AvgIpc) is 3.55. The third kappa shape index (κ3) is 3.98. The van der Waals surface area contributed by atoms with Crippen molar-refractivity contribution in [2.75, 3.05) is 25.0 Å². The number of pyridine rings is 1. The summed E-state index contributed by atoms with van der Waals surface area (Å²) < 4.78 is 7.59. The number of benzene rings is 1. The molecule has 2 saturated heterocycles. The molecule has 0 spiro atoms. The summed E-state index contributed by atoms with van der Waals surface area (Å²) in [6.45, 7) is 4.05. The van der Waals surface area contributed by atoms with Gasteiger partial charge in [0.1, 0.15) is 5.39 Å². The lowest BCUT2D eigenvalue weighted by molar-refractivity contribution is 0.0563. The van der Waals surface area contributed by atoms with Gasteiger partial charge in [-0.15, -0.1) is 0 Å². The normalized spacial score (nSPS) is 22.2. The molecule has 6 rings (SSSR count). The number of carbonyl (C=O) groups is 1. The Labute approximate surface area is 202 Å². The van der Waals surface area contributed by atoms with Gasteiger partial charge in [0.2, 0.25) is 0 Å². The predicted octanol–water partition coefficient (Wildman–Crippen LogP) is 3.50. The molecule has 3 fully saturated rings. The second-order valence-electron chi connectivity index (χ2n) is 10.0. The fourth-order valence-corrected chi connectivity index (χ4v) is 5.59. The van der Waals surface area contributed by atoms with E-state index in [1.807, 2.05) is 40.8 Å². The van der Waals surface area contributed by atoms with Crippen LogP contribution in [0, 0.1) is 30.1 Å². The molecular formula is C26H28N6O3. The summed E-state index contributed by atoms with van der Waals surface area (Å²) in [6.07, 6.45) is 5.30. The number of H-pyrrole nitrogens is 1. The number of ether oxygens (including phenoxy) is 1. The lowest BCUT2D eigenvalue weighted by Gasteiger charge is -2.30. The highest BCUT2D eigenvalue weighted by Gasteiger charge is 2.37. The molecule has 3 atom stereocenters. The van der Waals surface area contributed by atoms with Crippen molar-refractivity contribution < 1.29 is 9.53 Å². The van der Waals surface area contributed by atoms with Gasteiger partial charge in [0.15, 0.2) is 5.82 Å². The maximum atomic E-state index is 13.2. The molecule has 2 aromatic heterocycles. The Bertz CT molecular complexity index is 1390. The fourth-order valence-electron chi connectivity index (χ4n) is 5.59. The minimum atomic E-state index is -0.228. The fraction of sp³-hybridized carbons (Fsp3) is 0.462. The third-order valence-corrected chi connectivity index (χ3v) is 7.48. The van der Waals surface area contributed by atoms with Crippen molar-refractivity contribution in [1.82, 2.24) is 19.7 Å². The van der Waals surface area contributed by atoms with E-state index in [9.17, 15) is 14.9 Å². The van der Waals surface area contributed by atoms with E-state index in [-0.39, 0.29) is 23.6 Å². The van der Waals surface area contributed by atoms with E-state index in [1.54, 1.807) is 6.20 Å². The molecule has 2 bridgehead atoms. The van der Waals surface area contributed by atoms with Gasteiger partial charge in [0, 0.05) is 36.5 Å². The number of nitriles is 1. The zero-order valence-corrected chi connectivity index (χ0v) is 19.7. The Morgan fingerprint density at radius 2 is 2.20 bits per heavy atom. The number of likely N-dealkylation sites (tertiary alicyclic amines) is 1. The molecule has 9 nitrogen and oxygen atoms in total. The number of rotatable bonds is 6. The van der Waals surface area contributed by atoms with E-state index in [2.05, 4.69) is 16.4 Å². The van der Waals surface area contributed by atoms with Crippen LogP contribution in [0.3, 0.4) is 0 Å². The lowest BCUT2D eigenvalue weighted by atomic mass is 9.98. The van der Waals surface area contributed by atoms with Crippen molar-refractivity contribution in [1.29, 1.82) is 5.26 Å². The van der Waals surface area contributed by atoms with Crippen LogP contribution in [-0.2, 0) is 4.74 Å². The van der Waals surface area contributed by atoms with E-state index in [1.165, 1.54) is 0 Å². The van der Waals surface area contributed by atoms with Gasteiger partial charge < -0.3 is 19.9 Å². The molecule has 3 aromatic rings. The van der Waals surface area contributed by atoms with Crippen LogP contribution < -0.4 is 10.9 Å². The number of nitrogens with zero attached hydrogens (tertiary/aromatic N) is 4. The first kappa shape index (κ1) is 21.9. The van der Waals surface area contributed by atoms with Gasteiger partial charge in [0.05, 0.1) is 36.8 Å². The second kappa shape index (κ2) is 8.54. The zero-order valence-electron chi connectivity index (χ0n) is 19.7. The standard InChI is InChI=1S/C26H28N6O3/c1-15-10-18(4-5-20(15)26(34)31-12-16-11-19(13-31)35-14-16)29-24-23-22(7-9-28-25(23)33)32(30-24)21(6-8-27)17-2-3-17/h4-5,7,9-10,16-17,19,21H,2-3,6,11-14H2,1H3,(H,28,33)(H,29,30). The summed E-state index contributed by atoms with van der Waals surface area (Å²) in [7, 11) is 0. The molecule has 180 valence electrons. The number of amides is 1. The molecule has 35 heavy (non-hydrogen) atoms. The van der Waals surface area contributed by atoms with Crippen LogP contribution in [0.25, 0.3) is 10.9 Å².